The smallest absolute Gasteiger partial charge is 0.132 e. The Labute approximate surface area is 90.9 Å². The predicted octanol–water partition coefficient (Wildman–Crippen LogP) is 2.69. The first-order valence-electron chi connectivity index (χ1n) is 4.58. The fraction of sp³-hybridized carbons (Fsp3) is 0. The molecule has 0 aliphatic carbocycles. The highest BCUT2D eigenvalue weighted by atomic mass is 19.1. The molecule has 82 valence electrons. The van der Waals surface area contributed by atoms with Crippen molar-refractivity contribution in [3.8, 4) is 0 Å². The fourth-order valence-electron chi connectivity index (χ4n) is 1.29. The Bertz CT molecular complexity index is 494. The SMILES string of the molecule is Nc1ccnc(Nc2cc(F)cc(F)c2)c1. The number of aromatic nitrogens is 1. The van der Waals surface area contributed by atoms with Crippen molar-refractivity contribution in [2.24, 2.45) is 0 Å². The van der Waals surface area contributed by atoms with E-state index < -0.39 is 11.6 Å². The van der Waals surface area contributed by atoms with E-state index in [1.54, 1.807) is 12.1 Å². The maximum absolute atomic E-state index is 12.9. The number of rotatable bonds is 2. The van der Waals surface area contributed by atoms with Crippen LogP contribution in [0, 0.1) is 11.6 Å². The minimum atomic E-state index is -0.647. The van der Waals surface area contributed by atoms with Crippen LogP contribution in [0.25, 0.3) is 0 Å². The summed E-state index contributed by atoms with van der Waals surface area (Å²) in [7, 11) is 0. The highest BCUT2D eigenvalue weighted by molar-refractivity contribution is 5.59. The monoisotopic (exact) mass is 221 g/mol. The van der Waals surface area contributed by atoms with Crippen molar-refractivity contribution in [3.63, 3.8) is 0 Å². The Morgan fingerprint density at radius 3 is 2.38 bits per heavy atom. The van der Waals surface area contributed by atoms with Crippen LogP contribution in [0.3, 0.4) is 0 Å². The molecule has 0 saturated carbocycles. The molecule has 0 bridgehead atoms. The number of hydrogen-bond acceptors (Lipinski definition) is 3. The van der Waals surface area contributed by atoms with Crippen LogP contribution in [0.15, 0.2) is 36.5 Å². The summed E-state index contributed by atoms with van der Waals surface area (Å²) in [6, 6.07) is 6.35. The number of benzene rings is 1. The molecule has 0 saturated heterocycles. The molecular formula is C11H9F2N3. The molecule has 0 radical (unpaired) electrons. The van der Waals surface area contributed by atoms with Crippen molar-refractivity contribution in [1.82, 2.24) is 4.98 Å². The molecule has 0 aliphatic heterocycles. The molecule has 0 fully saturated rings. The number of nitrogens with two attached hydrogens (primary N) is 1. The maximum Gasteiger partial charge on any atom is 0.132 e. The van der Waals surface area contributed by atoms with Crippen molar-refractivity contribution in [3.05, 3.63) is 48.2 Å². The van der Waals surface area contributed by atoms with Crippen molar-refractivity contribution < 1.29 is 8.78 Å². The number of halogens is 2. The number of nitrogens with one attached hydrogen (secondary N) is 1. The van der Waals surface area contributed by atoms with Gasteiger partial charge in [-0.25, -0.2) is 13.8 Å². The van der Waals surface area contributed by atoms with E-state index in [0.717, 1.165) is 6.07 Å². The summed E-state index contributed by atoms with van der Waals surface area (Å²) < 4.78 is 25.8. The molecule has 2 rings (SSSR count). The van der Waals surface area contributed by atoms with Crippen molar-refractivity contribution in [1.29, 1.82) is 0 Å². The zero-order valence-corrected chi connectivity index (χ0v) is 8.24. The van der Waals surface area contributed by atoms with E-state index >= 15 is 0 Å². The first-order chi connectivity index (χ1) is 7.63. The van der Waals surface area contributed by atoms with Gasteiger partial charge >= 0.3 is 0 Å². The van der Waals surface area contributed by atoms with E-state index in [1.165, 1.54) is 18.3 Å². The minimum Gasteiger partial charge on any atom is -0.399 e. The van der Waals surface area contributed by atoms with E-state index in [-0.39, 0.29) is 5.69 Å². The minimum absolute atomic E-state index is 0.288. The summed E-state index contributed by atoms with van der Waals surface area (Å²) in [4.78, 5) is 3.96. The molecule has 3 nitrogen and oxygen atoms in total. The number of anilines is 3. The Balaban J connectivity index is 2.27. The summed E-state index contributed by atoms with van der Waals surface area (Å²) in [6.45, 7) is 0. The van der Waals surface area contributed by atoms with Gasteiger partial charge in [-0.15, -0.1) is 0 Å². The number of hydrogen-bond donors (Lipinski definition) is 2. The quantitative estimate of drug-likeness (QED) is 0.819. The normalized spacial score (nSPS) is 10.1. The number of pyridine rings is 1. The van der Waals surface area contributed by atoms with Gasteiger partial charge in [0, 0.05) is 29.7 Å². The van der Waals surface area contributed by atoms with Crippen molar-refractivity contribution in [2.45, 2.75) is 0 Å². The van der Waals surface area contributed by atoms with Gasteiger partial charge in [0.2, 0.25) is 0 Å². The molecule has 1 heterocycles. The summed E-state index contributed by atoms with van der Waals surface area (Å²) in [5.74, 6) is -0.859. The highest BCUT2D eigenvalue weighted by Crippen LogP contribution is 2.18. The highest BCUT2D eigenvalue weighted by Gasteiger charge is 2.01. The second-order valence-electron chi connectivity index (χ2n) is 3.26. The topological polar surface area (TPSA) is 50.9 Å². The van der Waals surface area contributed by atoms with Crippen LogP contribution in [-0.4, -0.2) is 4.98 Å². The summed E-state index contributed by atoms with van der Waals surface area (Å²) >= 11 is 0. The van der Waals surface area contributed by atoms with Crippen molar-refractivity contribution >= 4 is 17.2 Å². The average Bonchev–Trinajstić information content (AvgIpc) is 2.15. The third-order valence-electron chi connectivity index (χ3n) is 1.92. The number of nitrogens with zero attached hydrogens (tertiary/aromatic N) is 1. The van der Waals surface area contributed by atoms with Gasteiger partial charge in [-0.1, -0.05) is 0 Å². The van der Waals surface area contributed by atoms with Gasteiger partial charge in [-0.3, -0.25) is 0 Å². The lowest BCUT2D eigenvalue weighted by Gasteiger charge is -2.06. The third-order valence-corrected chi connectivity index (χ3v) is 1.92. The maximum atomic E-state index is 12.9. The summed E-state index contributed by atoms with van der Waals surface area (Å²) in [5, 5.41) is 2.76. The zero-order valence-electron chi connectivity index (χ0n) is 8.24. The Morgan fingerprint density at radius 2 is 1.75 bits per heavy atom. The molecule has 0 amide bonds. The first kappa shape index (κ1) is 10.4. The van der Waals surface area contributed by atoms with Gasteiger partial charge in [0.1, 0.15) is 17.5 Å². The van der Waals surface area contributed by atoms with Crippen LogP contribution in [0.1, 0.15) is 0 Å². The van der Waals surface area contributed by atoms with Crippen LogP contribution in [0.2, 0.25) is 0 Å². The first-order valence-corrected chi connectivity index (χ1v) is 4.58. The van der Waals surface area contributed by atoms with Gasteiger partial charge in [0.25, 0.3) is 0 Å². The molecular weight excluding hydrogens is 212 g/mol. The lowest BCUT2D eigenvalue weighted by atomic mass is 10.3. The van der Waals surface area contributed by atoms with E-state index in [4.69, 9.17) is 5.73 Å². The van der Waals surface area contributed by atoms with Crippen LogP contribution in [-0.2, 0) is 0 Å². The standard InChI is InChI=1S/C11H9F2N3/c12-7-3-8(13)5-10(4-7)16-11-6-9(14)1-2-15-11/h1-6H,(H3,14,15,16). The summed E-state index contributed by atoms with van der Waals surface area (Å²) in [5.41, 5.74) is 6.35. The molecule has 16 heavy (non-hydrogen) atoms. The molecule has 3 N–H and O–H groups in total. The molecule has 0 aliphatic rings. The van der Waals surface area contributed by atoms with Gasteiger partial charge in [0.05, 0.1) is 0 Å². The van der Waals surface area contributed by atoms with Crippen molar-refractivity contribution in [2.75, 3.05) is 11.1 Å². The Hall–Kier alpha value is -2.17. The van der Waals surface area contributed by atoms with E-state index in [2.05, 4.69) is 10.3 Å². The van der Waals surface area contributed by atoms with Gasteiger partial charge in [-0.2, -0.15) is 0 Å². The van der Waals surface area contributed by atoms with Crippen LogP contribution in [0.5, 0.6) is 0 Å². The Morgan fingerprint density at radius 1 is 1.06 bits per heavy atom. The second-order valence-corrected chi connectivity index (χ2v) is 3.26. The fourth-order valence-corrected chi connectivity index (χ4v) is 1.29. The lowest BCUT2D eigenvalue weighted by Crippen LogP contribution is -1.96. The number of nitrogen functional groups attached to an aromatic ring is 1. The molecule has 1 aromatic carbocycles. The van der Waals surface area contributed by atoms with Crippen LogP contribution in [0.4, 0.5) is 26.0 Å². The zero-order chi connectivity index (χ0) is 11.5. The van der Waals surface area contributed by atoms with E-state index in [9.17, 15) is 8.78 Å². The molecule has 0 spiro atoms. The van der Waals surface area contributed by atoms with Gasteiger partial charge in [0.15, 0.2) is 0 Å². The predicted molar refractivity (Wildman–Crippen MR) is 58.3 cm³/mol. The largest absolute Gasteiger partial charge is 0.399 e. The molecule has 0 atom stereocenters. The molecule has 2 aromatic rings. The molecule has 1 aromatic heterocycles. The third kappa shape index (κ3) is 2.44. The van der Waals surface area contributed by atoms with Crippen LogP contribution >= 0.6 is 0 Å². The average molecular weight is 221 g/mol. The lowest BCUT2D eigenvalue weighted by molar-refractivity contribution is 0.584. The van der Waals surface area contributed by atoms with Gasteiger partial charge in [-0.05, 0) is 18.2 Å². The molecule has 5 heteroatoms. The van der Waals surface area contributed by atoms with Gasteiger partial charge < -0.3 is 11.1 Å². The van der Waals surface area contributed by atoms with Crippen LogP contribution < -0.4 is 11.1 Å². The Kier molecular flexibility index (Phi) is 2.68. The second kappa shape index (κ2) is 4.14. The van der Waals surface area contributed by atoms with E-state index in [0.29, 0.717) is 11.5 Å². The van der Waals surface area contributed by atoms with E-state index in [1.807, 2.05) is 0 Å². The molecule has 0 unspecified atom stereocenters. The summed E-state index contributed by atoms with van der Waals surface area (Å²) in [6.07, 6.45) is 1.51.